The Bertz CT molecular complexity index is 807. The van der Waals surface area contributed by atoms with Crippen LogP contribution in [0.4, 0.5) is 5.69 Å². The monoisotopic (exact) mass is 364 g/mol. The van der Waals surface area contributed by atoms with Crippen molar-refractivity contribution in [3.63, 3.8) is 0 Å². The molecule has 2 aromatic rings. The van der Waals surface area contributed by atoms with Gasteiger partial charge in [0.05, 0.1) is 5.92 Å². The van der Waals surface area contributed by atoms with E-state index in [2.05, 4.69) is 32.9 Å². The van der Waals surface area contributed by atoms with Crippen molar-refractivity contribution in [1.29, 1.82) is 0 Å². The lowest BCUT2D eigenvalue weighted by Gasteiger charge is -2.23. The molecule has 2 amide bonds. The summed E-state index contributed by atoms with van der Waals surface area (Å²) in [6.45, 7) is 7.51. The van der Waals surface area contributed by atoms with Crippen LogP contribution in [-0.2, 0) is 21.5 Å². The van der Waals surface area contributed by atoms with Gasteiger partial charge in [-0.2, -0.15) is 0 Å². The maximum atomic E-state index is 12.8. The molecule has 0 bridgehead atoms. The maximum Gasteiger partial charge on any atom is 0.228 e. The number of carbonyl (C=O) groups is 2. The standard InChI is InChI=1S/C23H28N2O2/c1-23(2,3)19-10-12-20(13-11-19)25-16-18(14-21(25)26)22(27)24(4)15-17-8-6-5-7-9-17/h5-13,18H,14-16H2,1-4H3. The van der Waals surface area contributed by atoms with E-state index in [9.17, 15) is 9.59 Å². The molecule has 1 aliphatic heterocycles. The number of rotatable bonds is 4. The van der Waals surface area contributed by atoms with Gasteiger partial charge in [0.25, 0.3) is 0 Å². The van der Waals surface area contributed by atoms with Crippen molar-refractivity contribution >= 4 is 17.5 Å². The number of anilines is 1. The normalized spacial score (nSPS) is 17.3. The Kier molecular flexibility index (Phi) is 5.36. The molecule has 0 aliphatic carbocycles. The molecule has 1 heterocycles. The van der Waals surface area contributed by atoms with Crippen LogP contribution < -0.4 is 4.90 Å². The Labute approximate surface area is 161 Å². The molecule has 0 radical (unpaired) electrons. The highest BCUT2D eigenvalue weighted by atomic mass is 16.2. The molecule has 0 saturated carbocycles. The van der Waals surface area contributed by atoms with Crippen molar-refractivity contribution in [1.82, 2.24) is 4.90 Å². The number of carbonyl (C=O) groups excluding carboxylic acids is 2. The summed E-state index contributed by atoms with van der Waals surface area (Å²) >= 11 is 0. The van der Waals surface area contributed by atoms with E-state index in [4.69, 9.17) is 0 Å². The Morgan fingerprint density at radius 1 is 1.07 bits per heavy atom. The molecule has 0 spiro atoms. The Hall–Kier alpha value is -2.62. The zero-order valence-electron chi connectivity index (χ0n) is 16.6. The summed E-state index contributed by atoms with van der Waals surface area (Å²) in [5.41, 5.74) is 3.26. The van der Waals surface area contributed by atoms with E-state index in [0.29, 0.717) is 13.1 Å². The van der Waals surface area contributed by atoms with Gasteiger partial charge in [-0.25, -0.2) is 0 Å². The molecule has 1 fully saturated rings. The van der Waals surface area contributed by atoms with Gasteiger partial charge in [0.15, 0.2) is 0 Å². The summed E-state index contributed by atoms with van der Waals surface area (Å²) in [5, 5.41) is 0. The largest absolute Gasteiger partial charge is 0.341 e. The number of hydrogen-bond donors (Lipinski definition) is 0. The first-order valence-electron chi connectivity index (χ1n) is 9.45. The van der Waals surface area contributed by atoms with Crippen LogP contribution >= 0.6 is 0 Å². The molecular weight excluding hydrogens is 336 g/mol. The van der Waals surface area contributed by atoms with Gasteiger partial charge in [-0.1, -0.05) is 63.2 Å². The maximum absolute atomic E-state index is 12.8. The van der Waals surface area contributed by atoms with Gasteiger partial charge in [0.2, 0.25) is 11.8 Å². The summed E-state index contributed by atoms with van der Waals surface area (Å²) < 4.78 is 0. The number of hydrogen-bond acceptors (Lipinski definition) is 2. The second kappa shape index (κ2) is 7.55. The lowest BCUT2D eigenvalue weighted by atomic mass is 9.87. The fraction of sp³-hybridized carbons (Fsp3) is 0.391. The van der Waals surface area contributed by atoms with E-state index in [0.717, 1.165) is 11.3 Å². The third kappa shape index (κ3) is 4.38. The zero-order chi connectivity index (χ0) is 19.6. The average molecular weight is 364 g/mol. The quantitative estimate of drug-likeness (QED) is 0.823. The predicted molar refractivity (Wildman–Crippen MR) is 109 cm³/mol. The van der Waals surface area contributed by atoms with E-state index in [1.54, 1.807) is 16.8 Å². The summed E-state index contributed by atoms with van der Waals surface area (Å²) in [6.07, 6.45) is 0.277. The molecule has 3 rings (SSSR count). The molecule has 1 unspecified atom stereocenters. The van der Waals surface area contributed by atoms with Gasteiger partial charge >= 0.3 is 0 Å². The minimum Gasteiger partial charge on any atom is -0.341 e. The minimum absolute atomic E-state index is 0.0185. The lowest BCUT2D eigenvalue weighted by Crippen LogP contribution is -2.34. The van der Waals surface area contributed by atoms with E-state index in [1.165, 1.54) is 5.56 Å². The molecule has 1 saturated heterocycles. The highest BCUT2D eigenvalue weighted by Crippen LogP contribution is 2.29. The van der Waals surface area contributed by atoms with Crippen LogP contribution in [0.5, 0.6) is 0 Å². The first kappa shape index (κ1) is 19.2. The van der Waals surface area contributed by atoms with Crippen molar-refractivity contribution in [2.75, 3.05) is 18.5 Å². The van der Waals surface area contributed by atoms with E-state index < -0.39 is 0 Å². The van der Waals surface area contributed by atoms with Crippen LogP contribution in [0.15, 0.2) is 54.6 Å². The van der Waals surface area contributed by atoms with Crippen LogP contribution in [0, 0.1) is 5.92 Å². The first-order chi connectivity index (χ1) is 12.8. The van der Waals surface area contributed by atoms with Crippen LogP contribution in [-0.4, -0.2) is 30.3 Å². The molecule has 1 atom stereocenters. The molecule has 1 aliphatic rings. The Morgan fingerprint density at radius 3 is 2.30 bits per heavy atom. The second-order valence-electron chi connectivity index (χ2n) is 8.38. The van der Waals surface area contributed by atoms with Crippen molar-refractivity contribution in [3.8, 4) is 0 Å². The summed E-state index contributed by atoms with van der Waals surface area (Å²) in [5.74, 6) is -0.237. The lowest BCUT2D eigenvalue weighted by molar-refractivity contribution is -0.135. The van der Waals surface area contributed by atoms with Crippen LogP contribution in [0.2, 0.25) is 0 Å². The van der Waals surface area contributed by atoms with Crippen molar-refractivity contribution in [2.45, 2.75) is 39.2 Å². The minimum atomic E-state index is -0.284. The number of benzene rings is 2. The van der Waals surface area contributed by atoms with E-state index >= 15 is 0 Å². The van der Waals surface area contributed by atoms with Crippen LogP contribution in [0.25, 0.3) is 0 Å². The summed E-state index contributed by atoms with van der Waals surface area (Å²) in [7, 11) is 1.81. The highest BCUT2D eigenvalue weighted by molar-refractivity contribution is 6.00. The number of amides is 2. The predicted octanol–water partition coefficient (Wildman–Crippen LogP) is 4.00. The fourth-order valence-corrected chi connectivity index (χ4v) is 3.51. The summed E-state index contributed by atoms with van der Waals surface area (Å²) in [6, 6.07) is 18.0. The highest BCUT2D eigenvalue weighted by Gasteiger charge is 2.36. The smallest absolute Gasteiger partial charge is 0.228 e. The van der Waals surface area contributed by atoms with Crippen molar-refractivity contribution < 1.29 is 9.59 Å². The molecule has 4 nitrogen and oxygen atoms in total. The zero-order valence-corrected chi connectivity index (χ0v) is 16.6. The van der Waals surface area contributed by atoms with Gasteiger partial charge in [-0.05, 0) is 28.7 Å². The van der Waals surface area contributed by atoms with Gasteiger partial charge in [-0.15, -0.1) is 0 Å². The third-order valence-electron chi connectivity index (χ3n) is 5.16. The molecular formula is C23H28N2O2. The third-order valence-corrected chi connectivity index (χ3v) is 5.16. The first-order valence-corrected chi connectivity index (χ1v) is 9.45. The molecule has 0 aromatic heterocycles. The van der Waals surface area contributed by atoms with Crippen LogP contribution in [0.1, 0.15) is 38.3 Å². The van der Waals surface area contributed by atoms with E-state index in [1.807, 2.05) is 42.5 Å². The van der Waals surface area contributed by atoms with Crippen LogP contribution in [0.3, 0.4) is 0 Å². The summed E-state index contributed by atoms with van der Waals surface area (Å²) in [4.78, 5) is 28.8. The van der Waals surface area contributed by atoms with Crippen molar-refractivity contribution in [2.24, 2.45) is 5.92 Å². The molecule has 2 aromatic carbocycles. The topological polar surface area (TPSA) is 40.6 Å². The molecule has 27 heavy (non-hydrogen) atoms. The Morgan fingerprint density at radius 2 is 1.70 bits per heavy atom. The fourth-order valence-electron chi connectivity index (χ4n) is 3.51. The second-order valence-corrected chi connectivity index (χ2v) is 8.38. The SMILES string of the molecule is CN(Cc1ccccc1)C(=O)C1CC(=O)N(c2ccc(C(C)(C)C)cc2)C1. The number of nitrogens with zero attached hydrogens (tertiary/aromatic N) is 2. The molecule has 142 valence electrons. The van der Waals surface area contributed by atoms with Gasteiger partial charge in [0, 0.05) is 32.2 Å². The average Bonchev–Trinajstić information content (AvgIpc) is 3.03. The molecule has 0 N–H and O–H groups in total. The van der Waals surface area contributed by atoms with Crippen molar-refractivity contribution in [3.05, 3.63) is 65.7 Å². The van der Waals surface area contributed by atoms with Gasteiger partial charge in [0.1, 0.15) is 0 Å². The van der Waals surface area contributed by atoms with Gasteiger partial charge in [-0.3, -0.25) is 9.59 Å². The Balaban J connectivity index is 1.67. The van der Waals surface area contributed by atoms with Gasteiger partial charge < -0.3 is 9.80 Å². The van der Waals surface area contributed by atoms with E-state index in [-0.39, 0.29) is 29.6 Å². The molecule has 4 heteroatoms.